The van der Waals surface area contributed by atoms with E-state index in [4.69, 9.17) is 0 Å². The van der Waals surface area contributed by atoms with Crippen molar-refractivity contribution in [2.45, 2.75) is 19.8 Å². The van der Waals surface area contributed by atoms with Crippen molar-refractivity contribution in [3.05, 3.63) is 139 Å². The number of hydrogen-bond acceptors (Lipinski definition) is 5. The predicted molar refractivity (Wildman–Crippen MR) is 180 cm³/mol. The Labute approximate surface area is 266 Å². The van der Waals surface area contributed by atoms with Crippen LogP contribution in [-0.2, 0) is 19.2 Å². The second kappa shape index (κ2) is 11.8. The second-order valence-corrected chi connectivity index (χ2v) is 11.3. The van der Waals surface area contributed by atoms with Gasteiger partial charge in [0.05, 0.1) is 11.4 Å². The van der Waals surface area contributed by atoms with Crippen molar-refractivity contribution in [2.75, 3.05) is 14.7 Å². The SMILES string of the molecule is Cc1ccc(N(c2ccc(-c3ccc(N4C(=O)C=CC4=O)cc3)cc2)c2ccc(-c3ccc(N4C(=O)CCC4=O)cc3)cc2)cc1. The van der Waals surface area contributed by atoms with Crippen LogP contribution in [0.4, 0.5) is 28.4 Å². The maximum atomic E-state index is 12.1. The molecule has 0 bridgehead atoms. The molecule has 0 aromatic heterocycles. The van der Waals surface area contributed by atoms with Crippen LogP contribution in [-0.4, -0.2) is 23.6 Å². The van der Waals surface area contributed by atoms with Gasteiger partial charge in [-0.2, -0.15) is 0 Å². The van der Waals surface area contributed by atoms with E-state index in [2.05, 4.69) is 84.6 Å². The Morgan fingerprint density at radius 1 is 0.435 bits per heavy atom. The second-order valence-electron chi connectivity index (χ2n) is 11.3. The Bertz CT molecular complexity index is 1870. The summed E-state index contributed by atoms with van der Waals surface area (Å²) in [5, 5.41) is 0. The summed E-state index contributed by atoms with van der Waals surface area (Å²) in [6.07, 6.45) is 3.09. The third-order valence-corrected chi connectivity index (χ3v) is 8.32. The van der Waals surface area contributed by atoms with Crippen molar-refractivity contribution < 1.29 is 19.2 Å². The van der Waals surface area contributed by atoms with Crippen molar-refractivity contribution in [3.8, 4) is 22.3 Å². The first-order chi connectivity index (χ1) is 22.4. The van der Waals surface area contributed by atoms with Crippen LogP contribution in [0.15, 0.2) is 133 Å². The van der Waals surface area contributed by atoms with Gasteiger partial charge in [0, 0.05) is 42.1 Å². The molecule has 7 heteroatoms. The van der Waals surface area contributed by atoms with Crippen LogP contribution in [0, 0.1) is 6.92 Å². The molecule has 7 nitrogen and oxygen atoms in total. The number of nitrogens with zero attached hydrogens (tertiary/aromatic N) is 3. The van der Waals surface area contributed by atoms with Gasteiger partial charge in [-0.05, 0) is 89.8 Å². The highest BCUT2D eigenvalue weighted by Gasteiger charge is 2.30. The van der Waals surface area contributed by atoms with E-state index in [1.807, 2.05) is 36.4 Å². The minimum Gasteiger partial charge on any atom is -0.311 e. The van der Waals surface area contributed by atoms with E-state index in [9.17, 15) is 19.2 Å². The molecule has 0 aliphatic carbocycles. The number of carbonyl (C=O) groups excluding carboxylic acids is 4. The van der Waals surface area contributed by atoms with Gasteiger partial charge >= 0.3 is 0 Å². The fourth-order valence-electron chi connectivity index (χ4n) is 5.87. The summed E-state index contributed by atoms with van der Waals surface area (Å²) in [6.45, 7) is 2.07. The predicted octanol–water partition coefficient (Wildman–Crippen LogP) is 7.88. The molecule has 5 aromatic carbocycles. The number of amides is 4. The number of benzene rings is 5. The fourth-order valence-corrected chi connectivity index (χ4v) is 5.87. The molecule has 46 heavy (non-hydrogen) atoms. The third-order valence-electron chi connectivity index (χ3n) is 8.32. The summed E-state index contributed by atoms with van der Waals surface area (Å²) in [5.74, 6) is -0.987. The zero-order valence-corrected chi connectivity index (χ0v) is 25.1. The fraction of sp³-hybridized carbons (Fsp3) is 0.0769. The monoisotopic (exact) mass is 603 g/mol. The van der Waals surface area contributed by atoms with Crippen molar-refractivity contribution in [3.63, 3.8) is 0 Å². The molecule has 0 radical (unpaired) electrons. The van der Waals surface area contributed by atoms with Gasteiger partial charge in [0.15, 0.2) is 0 Å². The van der Waals surface area contributed by atoms with Crippen LogP contribution in [0.5, 0.6) is 0 Å². The van der Waals surface area contributed by atoms with Gasteiger partial charge in [-0.1, -0.05) is 66.2 Å². The lowest BCUT2D eigenvalue weighted by molar-refractivity contribution is -0.122. The van der Waals surface area contributed by atoms with Crippen molar-refractivity contribution in [1.29, 1.82) is 0 Å². The van der Waals surface area contributed by atoms with Crippen LogP contribution in [0.1, 0.15) is 18.4 Å². The molecule has 0 saturated carbocycles. The summed E-state index contributed by atoms with van der Waals surface area (Å²) in [7, 11) is 0. The van der Waals surface area contributed by atoms with E-state index in [1.165, 1.54) is 22.6 Å². The number of aryl methyl sites for hydroxylation is 1. The van der Waals surface area contributed by atoms with Gasteiger partial charge in [0.25, 0.3) is 11.8 Å². The molecule has 2 aliphatic rings. The zero-order valence-electron chi connectivity index (χ0n) is 25.1. The van der Waals surface area contributed by atoms with Crippen molar-refractivity contribution in [1.82, 2.24) is 0 Å². The largest absolute Gasteiger partial charge is 0.311 e. The quantitative estimate of drug-likeness (QED) is 0.177. The van der Waals surface area contributed by atoms with E-state index < -0.39 is 0 Å². The van der Waals surface area contributed by atoms with Gasteiger partial charge in [-0.25, -0.2) is 4.90 Å². The summed E-state index contributed by atoms with van der Waals surface area (Å²) in [4.78, 5) is 53.0. The first-order valence-corrected chi connectivity index (χ1v) is 15.1. The first-order valence-electron chi connectivity index (χ1n) is 15.1. The molecule has 1 fully saturated rings. The standard InChI is InChI=1S/C39H29N3O4/c1-26-2-12-31(13-3-26)40(32-14-4-27(5-15-32)29-8-18-34(19-9-29)41-36(43)22-23-37(41)44)33-16-6-28(7-17-33)30-10-20-35(21-11-30)42-38(45)24-25-39(42)46/h2-23H,24-25H2,1H3. The average Bonchev–Trinajstić information content (AvgIpc) is 3.61. The lowest BCUT2D eigenvalue weighted by Crippen LogP contribution is -2.29. The molecule has 2 aliphatic heterocycles. The Balaban J connectivity index is 1.15. The summed E-state index contributed by atoms with van der Waals surface area (Å²) in [5.41, 5.74) is 9.30. The topological polar surface area (TPSA) is 78.0 Å². The normalized spacial score (nSPS) is 14.5. The average molecular weight is 604 g/mol. The Kier molecular flexibility index (Phi) is 7.35. The van der Waals surface area contributed by atoms with Gasteiger partial charge in [-0.3, -0.25) is 24.1 Å². The van der Waals surface area contributed by atoms with Gasteiger partial charge in [0.1, 0.15) is 0 Å². The Morgan fingerprint density at radius 2 is 0.761 bits per heavy atom. The maximum Gasteiger partial charge on any atom is 0.258 e. The third kappa shape index (κ3) is 5.39. The number of carbonyl (C=O) groups is 4. The molecule has 0 unspecified atom stereocenters. The highest BCUT2D eigenvalue weighted by Crippen LogP contribution is 2.37. The van der Waals surface area contributed by atoms with E-state index in [1.54, 1.807) is 12.1 Å². The van der Waals surface area contributed by atoms with Gasteiger partial charge < -0.3 is 4.90 Å². The van der Waals surface area contributed by atoms with Crippen LogP contribution in [0.25, 0.3) is 22.3 Å². The Morgan fingerprint density at radius 3 is 1.15 bits per heavy atom. The van der Waals surface area contributed by atoms with E-state index >= 15 is 0 Å². The molecule has 4 amide bonds. The van der Waals surface area contributed by atoms with Crippen molar-refractivity contribution in [2.24, 2.45) is 0 Å². The molecule has 224 valence electrons. The number of rotatable bonds is 7. The molecule has 0 N–H and O–H groups in total. The smallest absolute Gasteiger partial charge is 0.258 e. The van der Waals surface area contributed by atoms with E-state index in [0.717, 1.165) is 44.2 Å². The minimum absolute atomic E-state index is 0.157. The van der Waals surface area contributed by atoms with E-state index in [0.29, 0.717) is 11.4 Å². The summed E-state index contributed by atoms with van der Waals surface area (Å²) >= 11 is 0. The highest BCUT2D eigenvalue weighted by atomic mass is 16.2. The van der Waals surface area contributed by atoms with Gasteiger partial charge in [0.2, 0.25) is 11.8 Å². The van der Waals surface area contributed by atoms with Gasteiger partial charge in [-0.15, -0.1) is 0 Å². The molecular weight excluding hydrogens is 574 g/mol. The van der Waals surface area contributed by atoms with Crippen molar-refractivity contribution >= 4 is 52.1 Å². The molecule has 0 spiro atoms. The molecule has 2 heterocycles. The lowest BCUT2D eigenvalue weighted by Gasteiger charge is -2.26. The molecule has 7 rings (SSSR count). The van der Waals surface area contributed by atoms with E-state index in [-0.39, 0.29) is 36.5 Å². The molecule has 5 aromatic rings. The first kappa shape index (κ1) is 28.7. The molecular formula is C39H29N3O4. The molecule has 0 atom stereocenters. The minimum atomic E-state index is -0.336. The van der Waals surface area contributed by atoms with Crippen LogP contribution < -0.4 is 14.7 Å². The summed E-state index contributed by atoms with van der Waals surface area (Å²) in [6, 6.07) is 39.9. The van der Waals surface area contributed by atoms with Crippen LogP contribution in [0.3, 0.4) is 0 Å². The van der Waals surface area contributed by atoms with Crippen LogP contribution >= 0.6 is 0 Å². The number of hydrogen-bond donors (Lipinski definition) is 0. The molecule has 1 saturated heterocycles. The maximum absolute atomic E-state index is 12.1. The lowest BCUT2D eigenvalue weighted by atomic mass is 10.0. The zero-order chi connectivity index (χ0) is 31.8. The summed E-state index contributed by atoms with van der Waals surface area (Å²) < 4.78 is 0. The Hall–Kier alpha value is -6.08. The number of anilines is 5. The van der Waals surface area contributed by atoms with Crippen LogP contribution in [0.2, 0.25) is 0 Å². The number of imide groups is 2. The highest BCUT2D eigenvalue weighted by molar-refractivity contribution is 6.28.